The van der Waals surface area contributed by atoms with Crippen LogP contribution in [0.4, 0.5) is 0 Å². The molecule has 0 aromatic heterocycles. The Bertz CT molecular complexity index is 1190. The molecular weight excluding hydrogens is 584 g/mol. The van der Waals surface area contributed by atoms with Gasteiger partial charge >= 0.3 is 0 Å². The molecule has 258 valence electrons. The van der Waals surface area contributed by atoms with Crippen LogP contribution < -0.4 is 16.4 Å². The fourth-order valence-corrected chi connectivity index (χ4v) is 4.48. The summed E-state index contributed by atoms with van der Waals surface area (Å²) in [6.07, 6.45) is -1.42. The van der Waals surface area contributed by atoms with Crippen LogP contribution in [0.5, 0.6) is 0 Å². The summed E-state index contributed by atoms with van der Waals surface area (Å²) in [5.41, 5.74) is 6.51. The van der Waals surface area contributed by atoms with Gasteiger partial charge < -0.3 is 31.5 Å². The van der Waals surface area contributed by atoms with Gasteiger partial charge in [-0.1, -0.05) is 92.6 Å². The molecule has 0 aliphatic heterocycles. The average Bonchev–Trinajstić information content (AvgIpc) is 3.02. The smallest absolute Gasteiger partial charge is 0.253 e. The van der Waals surface area contributed by atoms with E-state index < -0.39 is 35.8 Å². The first kappa shape index (κ1) is 42.2. The van der Waals surface area contributed by atoms with E-state index in [1.165, 1.54) is 18.2 Å². The van der Waals surface area contributed by atoms with Crippen LogP contribution in [0.15, 0.2) is 48.5 Å². The van der Waals surface area contributed by atoms with E-state index in [1.54, 1.807) is 18.7 Å². The van der Waals surface area contributed by atoms with Gasteiger partial charge in [0.15, 0.2) is 0 Å². The van der Waals surface area contributed by atoms with E-state index in [-0.39, 0.29) is 41.6 Å². The van der Waals surface area contributed by atoms with E-state index in [1.807, 2.05) is 58.0 Å². The molecule has 6 N–H and O–H groups in total. The molecule has 0 heterocycles. The second-order valence-corrected chi connectivity index (χ2v) is 11.9. The molecule has 0 bridgehead atoms. The Morgan fingerprint density at radius 2 is 1.30 bits per heavy atom. The number of hydrogen-bond acceptors (Lipinski definition) is 6. The van der Waals surface area contributed by atoms with Gasteiger partial charge in [-0.05, 0) is 48.4 Å². The number of nitrogens with two attached hydrogens (primary N) is 1. The molecule has 3 unspecified atom stereocenters. The Balaban J connectivity index is 0.00000312. The van der Waals surface area contributed by atoms with Gasteiger partial charge in [-0.25, -0.2) is 0 Å². The third-order valence-electron chi connectivity index (χ3n) is 6.57. The van der Waals surface area contributed by atoms with Gasteiger partial charge in [-0.3, -0.25) is 19.2 Å². The van der Waals surface area contributed by atoms with Crippen molar-refractivity contribution in [2.24, 2.45) is 23.5 Å². The average molecular weight is 643 g/mol. The highest BCUT2D eigenvalue weighted by Gasteiger charge is 2.34. The summed E-state index contributed by atoms with van der Waals surface area (Å²) in [6, 6.07) is 13.3. The Labute approximate surface area is 276 Å². The van der Waals surface area contributed by atoms with Crippen LogP contribution in [-0.4, -0.2) is 70.6 Å². The molecule has 3 atom stereocenters. The Morgan fingerprint density at radius 1 is 0.804 bits per heavy atom. The van der Waals surface area contributed by atoms with Gasteiger partial charge in [0.2, 0.25) is 11.8 Å². The van der Waals surface area contributed by atoms with Gasteiger partial charge in [0, 0.05) is 42.9 Å². The predicted molar refractivity (Wildman–Crippen MR) is 184 cm³/mol. The number of rotatable bonds is 15. The minimum atomic E-state index is -1.46. The van der Waals surface area contributed by atoms with Gasteiger partial charge in [0.25, 0.3) is 11.8 Å². The summed E-state index contributed by atoms with van der Waals surface area (Å²) in [5, 5.41) is 26.8. The first-order valence-corrected chi connectivity index (χ1v) is 16.4. The maximum Gasteiger partial charge on any atom is 0.253 e. The number of carbonyl (C=O) groups is 4. The molecule has 46 heavy (non-hydrogen) atoms. The fourth-order valence-electron chi connectivity index (χ4n) is 4.48. The normalized spacial score (nSPS) is 12.5. The zero-order valence-electron chi connectivity index (χ0n) is 29.3. The molecule has 2 aromatic rings. The van der Waals surface area contributed by atoms with E-state index in [2.05, 4.69) is 31.4 Å². The van der Waals surface area contributed by atoms with Crippen LogP contribution in [0.25, 0.3) is 0 Å². The summed E-state index contributed by atoms with van der Waals surface area (Å²) in [5.74, 6) is -2.60. The number of primary amides is 1. The highest BCUT2D eigenvalue weighted by atomic mass is 16.3. The minimum absolute atomic E-state index is 0.000473. The van der Waals surface area contributed by atoms with Gasteiger partial charge in [-0.2, -0.15) is 0 Å². The maximum absolute atomic E-state index is 13.1. The second-order valence-electron chi connectivity index (χ2n) is 11.9. The molecular formula is C36H58N4O6. The molecule has 0 aliphatic rings. The zero-order chi connectivity index (χ0) is 35.4. The van der Waals surface area contributed by atoms with E-state index in [4.69, 9.17) is 5.73 Å². The topological polar surface area (TPSA) is 162 Å². The lowest BCUT2D eigenvalue weighted by Crippen LogP contribution is -2.49. The maximum atomic E-state index is 13.1. The number of benzene rings is 2. The first-order valence-electron chi connectivity index (χ1n) is 16.4. The van der Waals surface area contributed by atoms with Crippen molar-refractivity contribution in [1.82, 2.24) is 15.5 Å². The third kappa shape index (κ3) is 15.0. The number of hydrogen-bond donors (Lipinski definition) is 5. The molecule has 10 heteroatoms. The van der Waals surface area contributed by atoms with Crippen molar-refractivity contribution in [3.8, 4) is 0 Å². The standard InChI is InChI=1S/C30H42N4O6.C4H10.C2H6/c1-5-12-34(13-6-2)30(40)23-15-21(27(31)37)14-22(16-23)28(38)33-18-24(35)26(36)25(19(3)4)29(39)32-17-20-10-8-7-9-11-20;1-4(2)3;1-2/h7-11,14-16,19,24-26,35-36H,5-6,12-13,17-18H2,1-4H3,(H2,31,37)(H,32,39)(H,33,38);4H,1-3H3;1-2H3. The first-order chi connectivity index (χ1) is 21.7. The molecule has 0 fully saturated rings. The largest absolute Gasteiger partial charge is 0.390 e. The quantitative estimate of drug-likeness (QED) is 0.188. The van der Waals surface area contributed by atoms with E-state index in [0.717, 1.165) is 24.3 Å². The van der Waals surface area contributed by atoms with Crippen molar-refractivity contribution < 1.29 is 29.4 Å². The van der Waals surface area contributed by atoms with Crippen LogP contribution in [0.2, 0.25) is 0 Å². The predicted octanol–water partition coefficient (Wildman–Crippen LogP) is 4.78. The Kier molecular flexibility index (Phi) is 20.8. The second kappa shape index (κ2) is 22.7. The summed E-state index contributed by atoms with van der Waals surface area (Å²) >= 11 is 0. The molecule has 0 spiro atoms. The minimum Gasteiger partial charge on any atom is -0.390 e. The summed E-state index contributed by atoms with van der Waals surface area (Å²) < 4.78 is 0. The Hall–Kier alpha value is -3.76. The van der Waals surface area contributed by atoms with Gasteiger partial charge in [0.05, 0.1) is 18.1 Å². The molecule has 0 aliphatic carbocycles. The molecule has 4 amide bonds. The lowest BCUT2D eigenvalue weighted by molar-refractivity contribution is -0.134. The third-order valence-corrected chi connectivity index (χ3v) is 6.57. The highest BCUT2D eigenvalue weighted by molar-refractivity contribution is 6.04. The van der Waals surface area contributed by atoms with Crippen molar-refractivity contribution in [2.45, 2.75) is 93.9 Å². The SMILES string of the molecule is CC.CC(C)C.CCCN(CCC)C(=O)c1cc(C(N)=O)cc(C(=O)NCC(O)C(O)C(C(=O)NCc2ccccc2)C(C)C)c1. The number of amides is 4. The number of carbonyl (C=O) groups excluding carboxylic acids is 4. The number of nitrogens with one attached hydrogen (secondary N) is 2. The van der Waals surface area contributed by atoms with Crippen LogP contribution >= 0.6 is 0 Å². The molecule has 2 rings (SSSR count). The lowest BCUT2D eigenvalue weighted by Gasteiger charge is -2.29. The van der Waals surface area contributed by atoms with E-state index >= 15 is 0 Å². The van der Waals surface area contributed by atoms with Crippen molar-refractivity contribution in [3.05, 3.63) is 70.8 Å². The molecule has 2 aromatic carbocycles. The van der Waals surface area contributed by atoms with Crippen LogP contribution in [0.1, 0.15) is 112 Å². The number of nitrogens with zero attached hydrogens (tertiary/aromatic N) is 1. The number of aliphatic hydroxyl groups is 2. The fraction of sp³-hybridized carbons (Fsp3) is 0.556. The van der Waals surface area contributed by atoms with Crippen molar-refractivity contribution in [2.75, 3.05) is 19.6 Å². The van der Waals surface area contributed by atoms with Crippen molar-refractivity contribution in [1.29, 1.82) is 0 Å². The summed E-state index contributed by atoms with van der Waals surface area (Å²) in [4.78, 5) is 52.5. The van der Waals surface area contributed by atoms with E-state index in [0.29, 0.717) is 13.1 Å². The van der Waals surface area contributed by atoms with Gasteiger partial charge in [-0.15, -0.1) is 0 Å². The molecule has 0 saturated carbocycles. The molecule has 0 radical (unpaired) electrons. The van der Waals surface area contributed by atoms with Crippen molar-refractivity contribution in [3.63, 3.8) is 0 Å². The van der Waals surface area contributed by atoms with Crippen LogP contribution in [0.3, 0.4) is 0 Å². The molecule has 0 saturated heterocycles. The molecule has 10 nitrogen and oxygen atoms in total. The van der Waals surface area contributed by atoms with Crippen molar-refractivity contribution >= 4 is 23.6 Å². The van der Waals surface area contributed by atoms with E-state index in [9.17, 15) is 29.4 Å². The summed E-state index contributed by atoms with van der Waals surface area (Å²) in [7, 11) is 0. The highest BCUT2D eigenvalue weighted by Crippen LogP contribution is 2.19. The Morgan fingerprint density at radius 3 is 1.78 bits per heavy atom. The monoisotopic (exact) mass is 642 g/mol. The zero-order valence-corrected chi connectivity index (χ0v) is 29.3. The van der Waals surface area contributed by atoms with Gasteiger partial charge in [0.1, 0.15) is 0 Å². The van der Waals surface area contributed by atoms with Crippen LogP contribution in [-0.2, 0) is 11.3 Å². The van der Waals surface area contributed by atoms with Crippen LogP contribution in [0, 0.1) is 17.8 Å². The number of aliphatic hydroxyl groups excluding tert-OH is 2. The lowest BCUT2D eigenvalue weighted by atomic mass is 9.86. The summed E-state index contributed by atoms with van der Waals surface area (Å²) in [6.45, 7) is 18.9.